The molecule has 6 nitrogen and oxygen atoms in total. The maximum Gasteiger partial charge on any atom is 0.251 e. The molecular weight excluding hydrogens is 400 g/mol. The van der Waals surface area contributed by atoms with E-state index in [-0.39, 0.29) is 30.4 Å². The summed E-state index contributed by atoms with van der Waals surface area (Å²) in [6.07, 6.45) is 2.67. The van der Waals surface area contributed by atoms with Crippen molar-refractivity contribution in [2.75, 3.05) is 0 Å². The quantitative estimate of drug-likeness (QED) is 0.478. The molecule has 2 aromatic carbocycles. The van der Waals surface area contributed by atoms with E-state index < -0.39 is 0 Å². The zero-order chi connectivity index (χ0) is 23.1. The Kier molecular flexibility index (Phi) is 8.03. The van der Waals surface area contributed by atoms with Gasteiger partial charge in [-0.1, -0.05) is 57.5 Å². The van der Waals surface area contributed by atoms with E-state index in [4.69, 9.17) is 4.98 Å². The van der Waals surface area contributed by atoms with E-state index in [0.29, 0.717) is 17.3 Å². The van der Waals surface area contributed by atoms with Gasteiger partial charge in [0.15, 0.2) is 0 Å². The van der Waals surface area contributed by atoms with Crippen molar-refractivity contribution in [3.05, 3.63) is 66.0 Å². The molecule has 3 aromatic rings. The van der Waals surface area contributed by atoms with E-state index in [1.54, 1.807) is 12.1 Å². The monoisotopic (exact) mass is 434 g/mol. The number of imidazole rings is 1. The summed E-state index contributed by atoms with van der Waals surface area (Å²) in [5, 5.41) is 6.25. The normalized spacial score (nSPS) is 13.2. The van der Waals surface area contributed by atoms with Crippen LogP contribution in [0.5, 0.6) is 0 Å². The third-order valence-electron chi connectivity index (χ3n) is 5.47. The lowest BCUT2D eigenvalue weighted by Gasteiger charge is -2.22. The molecule has 0 spiro atoms. The maximum absolute atomic E-state index is 12.9. The molecule has 0 saturated heterocycles. The number of nitrogens with one attached hydrogen (secondary N) is 2. The number of carbonyl (C=O) groups excluding carboxylic acids is 2. The van der Waals surface area contributed by atoms with E-state index in [9.17, 15) is 9.59 Å². The molecule has 1 heterocycles. The van der Waals surface area contributed by atoms with Crippen molar-refractivity contribution in [2.45, 2.75) is 65.6 Å². The average molecular weight is 435 g/mol. The van der Waals surface area contributed by atoms with Crippen LogP contribution in [-0.2, 0) is 11.3 Å². The fourth-order valence-electron chi connectivity index (χ4n) is 4.03. The second-order valence-electron chi connectivity index (χ2n) is 8.82. The van der Waals surface area contributed by atoms with Crippen molar-refractivity contribution in [1.82, 2.24) is 20.2 Å². The molecule has 0 fully saturated rings. The van der Waals surface area contributed by atoms with Crippen LogP contribution in [-0.4, -0.2) is 27.4 Å². The van der Waals surface area contributed by atoms with E-state index in [0.717, 1.165) is 30.3 Å². The third-order valence-corrected chi connectivity index (χ3v) is 5.47. The summed E-state index contributed by atoms with van der Waals surface area (Å²) < 4.78 is 1.95. The molecule has 3 rings (SSSR count). The second-order valence-corrected chi connectivity index (χ2v) is 8.82. The Bertz CT molecular complexity index is 1040. The van der Waals surface area contributed by atoms with Gasteiger partial charge >= 0.3 is 0 Å². The highest BCUT2D eigenvalue weighted by atomic mass is 16.2. The van der Waals surface area contributed by atoms with Crippen LogP contribution < -0.4 is 10.6 Å². The number of aromatic nitrogens is 2. The van der Waals surface area contributed by atoms with Gasteiger partial charge in [-0.25, -0.2) is 4.98 Å². The zero-order valence-electron chi connectivity index (χ0n) is 19.5. The fourth-order valence-corrected chi connectivity index (χ4v) is 4.03. The Balaban J connectivity index is 1.94. The number of fused-ring (bicyclic) bond motifs is 1. The van der Waals surface area contributed by atoms with Gasteiger partial charge in [-0.2, -0.15) is 0 Å². The van der Waals surface area contributed by atoms with Crippen LogP contribution >= 0.6 is 0 Å². The van der Waals surface area contributed by atoms with Crippen molar-refractivity contribution in [3.8, 4) is 0 Å². The zero-order valence-corrected chi connectivity index (χ0v) is 19.5. The van der Waals surface area contributed by atoms with Crippen molar-refractivity contribution in [1.29, 1.82) is 0 Å². The Morgan fingerprint density at radius 2 is 1.66 bits per heavy atom. The maximum atomic E-state index is 12.9. The van der Waals surface area contributed by atoms with Gasteiger partial charge in [0.05, 0.1) is 17.1 Å². The Morgan fingerprint density at radius 1 is 0.969 bits per heavy atom. The van der Waals surface area contributed by atoms with Gasteiger partial charge < -0.3 is 15.2 Å². The summed E-state index contributed by atoms with van der Waals surface area (Å²) in [5.74, 6) is 0.856. The van der Waals surface area contributed by atoms with Crippen LogP contribution in [0.15, 0.2) is 54.6 Å². The van der Waals surface area contributed by atoms with Crippen LogP contribution in [0.2, 0.25) is 0 Å². The molecule has 0 saturated carbocycles. The van der Waals surface area contributed by atoms with Gasteiger partial charge in [0.25, 0.3) is 5.91 Å². The van der Waals surface area contributed by atoms with Gasteiger partial charge in [0, 0.05) is 11.6 Å². The van der Waals surface area contributed by atoms with Crippen LogP contribution in [0.25, 0.3) is 11.0 Å². The lowest BCUT2D eigenvalue weighted by atomic mass is 10.0. The van der Waals surface area contributed by atoms with Crippen LogP contribution in [0.4, 0.5) is 0 Å². The number of rotatable bonds is 10. The molecule has 6 heteroatoms. The lowest BCUT2D eigenvalue weighted by molar-refractivity contribution is -0.122. The molecule has 0 radical (unpaired) electrons. The standard InChI is InChI=1S/C26H34N4O2/c1-5-11-19(4)27-24(31)17-30-23-15-10-9-14-21(23)28-25(30)22(16-18(2)3)29-26(32)20-12-7-6-8-13-20/h6-10,12-15,18-19,22H,5,11,16-17H2,1-4H3,(H,27,31)(H,29,32)/t19-,22+/m0/s1. The molecule has 0 aliphatic carbocycles. The minimum Gasteiger partial charge on any atom is -0.352 e. The van der Waals surface area contributed by atoms with E-state index >= 15 is 0 Å². The molecule has 2 atom stereocenters. The molecule has 32 heavy (non-hydrogen) atoms. The summed E-state index contributed by atoms with van der Waals surface area (Å²) in [7, 11) is 0. The summed E-state index contributed by atoms with van der Waals surface area (Å²) in [4.78, 5) is 30.6. The lowest BCUT2D eigenvalue weighted by Crippen LogP contribution is -2.36. The van der Waals surface area contributed by atoms with Gasteiger partial charge in [0.1, 0.15) is 12.4 Å². The SMILES string of the molecule is CCC[C@H](C)NC(=O)Cn1c([C@@H](CC(C)C)NC(=O)c2ccccc2)nc2ccccc21. The van der Waals surface area contributed by atoms with E-state index in [2.05, 4.69) is 31.4 Å². The predicted octanol–water partition coefficient (Wildman–Crippen LogP) is 4.86. The summed E-state index contributed by atoms with van der Waals surface area (Å²) >= 11 is 0. The number of nitrogens with zero attached hydrogens (tertiary/aromatic N) is 2. The molecule has 0 aliphatic heterocycles. The highest BCUT2D eigenvalue weighted by Gasteiger charge is 2.25. The number of amides is 2. The highest BCUT2D eigenvalue weighted by Crippen LogP contribution is 2.26. The van der Waals surface area contributed by atoms with Crippen LogP contribution in [0, 0.1) is 5.92 Å². The number of carbonyl (C=O) groups is 2. The van der Waals surface area contributed by atoms with E-state index in [1.807, 2.05) is 54.0 Å². The number of para-hydroxylation sites is 2. The predicted molar refractivity (Wildman–Crippen MR) is 128 cm³/mol. The molecule has 1 aromatic heterocycles. The summed E-state index contributed by atoms with van der Waals surface area (Å²) in [6, 6.07) is 16.8. The fraction of sp³-hybridized carbons (Fsp3) is 0.423. The first-order valence-corrected chi connectivity index (χ1v) is 11.5. The van der Waals surface area contributed by atoms with Crippen LogP contribution in [0.1, 0.15) is 69.2 Å². The molecule has 2 amide bonds. The molecule has 0 unspecified atom stereocenters. The first-order chi connectivity index (χ1) is 15.4. The second kappa shape index (κ2) is 10.9. The topological polar surface area (TPSA) is 76.0 Å². The number of hydrogen-bond donors (Lipinski definition) is 2. The van der Waals surface area contributed by atoms with Crippen molar-refractivity contribution < 1.29 is 9.59 Å². The third kappa shape index (κ3) is 5.96. The van der Waals surface area contributed by atoms with Gasteiger partial charge in [0.2, 0.25) is 5.91 Å². The number of benzene rings is 2. The van der Waals surface area contributed by atoms with Gasteiger partial charge in [-0.15, -0.1) is 0 Å². The summed E-state index contributed by atoms with van der Waals surface area (Å²) in [5.41, 5.74) is 2.32. The van der Waals surface area contributed by atoms with E-state index in [1.165, 1.54) is 0 Å². The molecular formula is C26H34N4O2. The molecule has 170 valence electrons. The van der Waals surface area contributed by atoms with Crippen molar-refractivity contribution >= 4 is 22.8 Å². The minimum atomic E-state index is -0.309. The van der Waals surface area contributed by atoms with Gasteiger partial charge in [-0.05, 0) is 49.9 Å². The highest BCUT2D eigenvalue weighted by molar-refractivity contribution is 5.94. The largest absolute Gasteiger partial charge is 0.352 e. The molecule has 0 aliphatic rings. The summed E-state index contributed by atoms with van der Waals surface area (Å²) in [6.45, 7) is 8.54. The van der Waals surface area contributed by atoms with Crippen LogP contribution in [0.3, 0.4) is 0 Å². The van der Waals surface area contributed by atoms with Crippen molar-refractivity contribution in [3.63, 3.8) is 0 Å². The first-order valence-electron chi connectivity index (χ1n) is 11.5. The Hall–Kier alpha value is -3.15. The smallest absolute Gasteiger partial charge is 0.251 e. The minimum absolute atomic E-state index is 0.0481. The van der Waals surface area contributed by atoms with Gasteiger partial charge in [-0.3, -0.25) is 9.59 Å². The van der Waals surface area contributed by atoms with Crippen molar-refractivity contribution in [2.24, 2.45) is 5.92 Å². The Morgan fingerprint density at radius 3 is 2.34 bits per heavy atom. The first kappa shape index (κ1) is 23.5. The molecule has 2 N–H and O–H groups in total. The average Bonchev–Trinajstić information content (AvgIpc) is 3.12. The molecule has 0 bridgehead atoms. The number of hydrogen-bond acceptors (Lipinski definition) is 3. The Labute approximate surface area is 190 Å².